The molecule has 0 spiro atoms. The summed E-state index contributed by atoms with van der Waals surface area (Å²) in [5.74, 6) is 2.85. The average Bonchev–Trinajstić information content (AvgIpc) is 3.43. The summed E-state index contributed by atoms with van der Waals surface area (Å²) in [6.45, 7) is 2.17. The maximum Gasteiger partial charge on any atom is 0.231 e. The Hall–Kier alpha value is -3.48. The Morgan fingerprint density at radius 1 is 0.939 bits per heavy atom. The maximum atomic E-state index is 13.0. The molecule has 0 atom stereocenters. The molecule has 0 aliphatic carbocycles. The van der Waals surface area contributed by atoms with E-state index in [9.17, 15) is 4.79 Å². The van der Waals surface area contributed by atoms with E-state index >= 15 is 0 Å². The number of ether oxygens (including phenoxy) is 4. The van der Waals surface area contributed by atoms with Gasteiger partial charge < -0.3 is 18.9 Å². The van der Waals surface area contributed by atoms with Gasteiger partial charge in [0, 0.05) is 18.1 Å². The van der Waals surface area contributed by atoms with Gasteiger partial charge in [-0.15, -0.1) is 0 Å². The van der Waals surface area contributed by atoms with Crippen LogP contribution in [0.25, 0.3) is 6.08 Å². The molecule has 3 aromatic carbocycles. The zero-order valence-corrected chi connectivity index (χ0v) is 18.4. The number of Topliss-reactive ketones (excluding diaryl/α,β-unsaturated/α-hetero) is 1. The van der Waals surface area contributed by atoms with Crippen molar-refractivity contribution >= 4 is 23.5 Å². The Balaban J connectivity index is 1.22. The van der Waals surface area contributed by atoms with E-state index in [1.54, 1.807) is 12.1 Å². The first-order valence-corrected chi connectivity index (χ1v) is 11.1. The van der Waals surface area contributed by atoms with Crippen LogP contribution in [0.15, 0.2) is 60.4 Å². The number of halogens is 1. The summed E-state index contributed by atoms with van der Waals surface area (Å²) in [5.41, 5.74) is 3.48. The first-order chi connectivity index (χ1) is 16.1. The van der Waals surface area contributed by atoms with Gasteiger partial charge in [-0.2, -0.15) is 0 Å². The van der Waals surface area contributed by atoms with Crippen LogP contribution in [0.2, 0.25) is 5.02 Å². The molecule has 3 aliphatic heterocycles. The van der Waals surface area contributed by atoms with Crippen molar-refractivity contribution in [3.63, 3.8) is 0 Å². The molecule has 3 aromatic rings. The molecule has 0 N–H and O–H groups in total. The summed E-state index contributed by atoms with van der Waals surface area (Å²) in [7, 11) is 0. The third-order valence-corrected chi connectivity index (χ3v) is 6.26. The van der Waals surface area contributed by atoms with Crippen molar-refractivity contribution < 1.29 is 23.7 Å². The monoisotopic (exact) mass is 461 g/mol. The van der Waals surface area contributed by atoms with Crippen molar-refractivity contribution in [3.05, 3.63) is 87.6 Å². The molecule has 0 radical (unpaired) electrons. The highest BCUT2D eigenvalue weighted by Gasteiger charge is 2.33. The maximum absolute atomic E-state index is 13.0. The van der Waals surface area contributed by atoms with Gasteiger partial charge in [0.05, 0.1) is 11.1 Å². The summed E-state index contributed by atoms with van der Waals surface area (Å²) >= 11 is 5.98. The molecule has 6 nitrogen and oxygen atoms in total. The SMILES string of the molecule is O=C1/C(=C/c2ccc3c(c2)OCO3)Oc2c1ccc1c2CN(CCc2ccc(Cl)cc2)CO1. The highest BCUT2D eigenvalue weighted by atomic mass is 35.5. The molecule has 0 unspecified atom stereocenters. The van der Waals surface area contributed by atoms with E-state index < -0.39 is 0 Å². The number of rotatable bonds is 4. The molecular weight excluding hydrogens is 442 g/mol. The number of fused-ring (bicyclic) bond motifs is 4. The highest BCUT2D eigenvalue weighted by Crippen LogP contribution is 2.42. The molecule has 0 saturated carbocycles. The van der Waals surface area contributed by atoms with Gasteiger partial charge in [-0.25, -0.2) is 0 Å². The summed E-state index contributed by atoms with van der Waals surface area (Å²) in [6, 6.07) is 17.1. The van der Waals surface area contributed by atoms with Gasteiger partial charge in [-0.1, -0.05) is 29.8 Å². The summed E-state index contributed by atoms with van der Waals surface area (Å²) < 4.78 is 22.8. The number of benzene rings is 3. The van der Waals surface area contributed by atoms with Crippen molar-refractivity contribution in [3.8, 4) is 23.0 Å². The molecule has 0 amide bonds. The number of carbonyl (C=O) groups excluding carboxylic acids is 1. The molecule has 0 fully saturated rings. The van der Waals surface area contributed by atoms with Gasteiger partial charge in [0.1, 0.15) is 18.2 Å². The number of hydrogen-bond donors (Lipinski definition) is 0. The fourth-order valence-corrected chi connectivity index (χ4v) is 4.37. The van der Waals surface area contributed by atoms with Crippen LogP contribution in [0.4, 0.5) is 0 Å². The van der Waals surface area contributed by atoms with Gasteiger partial charge in [-0.3, -0.25) is 9.69 Å². The second-order valence-electron chi connectivity index (χ2n) is 8.17. The Labute approximate surface area is 195 Å². The lowest BCUT2D eigenvalue weighted by molar-refractivity contribution is 0.0950. The number of nitrogens with zero attached hydrogens (tertiary/aromatic N) is 1. The van der Waals surface area contributed by atoms with E-state index in [1.165, 1.54) is 5.56 Å². The van der Waals surface area contributed by atoms with Crippen LogP contribution >= 0.6 is 11.6 Å². The van der Waals surface area contributed by atoms with Crippen LogP contribution in [0, 0.1) is 0 Å². The van der Waals surface area contributed by atoms with Crippen molar-refractivity contribution in [1.82, 2.24) is 4.90 Å². The van der Waals surface area contributed by atoms with Crippen molar-refractivity contribution in [2.75, 3.05) is 20.1 Å². The van der Waals surface area contributed by atoms with Gasteiger partial charge in [0.25, 0.3) is 0 Å². The van der Waals surface area contributed by atoms with Crippen molar-refractivity contribution in [2.45, 2.75) is 13.0 Å². The lowest BCUT2D eigenvalue weighted by atomic mass is 10.0. The minimum Gasteiger partial charge on any atom is -0.478 e. The lowest BCUT2D eigenvalue weighted by Crippen LogP contribution is -2.33. The average molecular weight is 462 g/mol. The Morgan fingerprint density at radius 3 is 2.64 bits per heavy atom. The second kappa shape index (κ2) is 8.14. The van der Waals surface area contributed by atoms with Crippen LogP contribution < -0.4 is 18.9 Å². The highest BCUT2D eigenvalue weighted by molar-refractivity contribution is 6.30. The van der Waals surface area contributed by atoms with Crippen LogP contribution in [-0.2, 0) is 13.0 Å². The normalized spacial score (nSPS) is 17.5. The molecular formula is C26H20ClNO5. The Morgan fingerprint density at radius 2 is 1.76 bits per heavy atom. The molecule has 3 aliphatic rings. The molecule has 33 heavy (non-hydrogen) atoms. The molecule has 0 saturated heterocycles. The summed E-state index contributed by atoms with van der Waals surface area (Å²) in [4.78, 5) is 15.2. The topological polar surface area (TPSA) is 57.2 Å². The first kappa shape index (κ1) is 20.1. The van der Waals surface area contributed by atoms with Gasteiger partial charge >= 0.3 is 0 Å². The minimum absolute atomic E-state index is 0.135. The number of ketones is 1. The minimum atomic E-state index is -0.135. The van der Waals surface area contributed by atoms with E-state index in [0.717, 1.165) is 34.9 Å². The quantitative estimate of drug-likeness (QED) is 0.505. The Kier molecular flexibility index (Phi) is 4.97. The lowest BCUT2D eigenvalue weighted by Gasteiger charge is -2.29. The standard InChI is InChI=1S/C26H20ClNO5/c27-18-4-1-16(2-5-18)9-10-28-13-20-21(30-14-28)8-6-19-25(29)24(33-26(19)20)12-17-3-7-22-23(11-17)32-15-31-22/h1-8,11-12H,9-10,13-15H2/b24-12-. The molecule has 6 rings (SSSR count). The molecule has 0 aromatic heterocycles. The largest absolute Gasteiger partial charge is 0.478 e. The summed E-state index contributed by atoms with van der Waals surface area (Å²) in [5, 5.41) is 0.732. The van der Waals surface area contributed by atoms with Crippen LogP contribution in [0.3, 0.4) is 0 Å². The zero-order valence-electron chi connectivity index (χ0n) is 17.7. The van der Waals surface area contributed by atoms with E-state index in [1.807, 2.05) is 48.5 Å². The number of allylic oxidation sites excluding steroid dienone is 1. The predicted octanol–water partition coefficient (Wildman–Crippen LogP) is 5.08. The summed E-state index contributed by atoms with van der Waals surface area (Å²) in [6.07, 6.45) is 2.61. The van der Waals surface area contributed by atoms with E-state index in [-0.39, 0.29) is 18.3 Å². The van der Waals surface area contributed by atoms with Crippen molar-refractivity contribution in [1.29, 1.82) is 0 Å². The molecule has 166 valence electrons. The zero-order chi connectivity index (χ0) is 22.4. The van der Waals surface area contributed by atoms with Gasteiger partial charge in [0.15, 0.2) is 17.3 Å². The van der Waals surface area contributed by atoms with E-state index in [0.29, 0.717) is 36.1 Å². The van der Waals surface area contributed by atoms with Crippen LogP contribution in [0.1, 0.15) is 27.0 Å². The van der Waals surface area contributed by atoms with Crippen LogP contribution in [-0.4, -0.2) is 30.8 Å². The third kappa shape index (κ3) is 3.81. The number of carbonyl (C=O) groups is 1. The first-order valence-electron chi connectivity index (χ1n) is 10.7. The van der Waals surface area contributed by atoms with E-state index in [4.69, 9.17) is 30.5 Å². The fourth-order valence-electron chi connectivity index (χ4n) is 4.24. The van der Waals surface area contributed by atoms with Gasteiger partial charge in [0.2, 0.25) is 12.6 Å². The van der Waals surface area contributed by atoms with Crippen molar-refractivity contribution in [2.24, 2.45) is 0 Å². The van der Waals surface area contributed by atoms with Crippen LogP contribution in [0.5, 0.6) is 23.0 Å². The van der Waals surface area contributed by atoms with Gasteiger partial charge in [-0.05, 0) is 60.0 Å². The number of hydrogen-bond acceptors (Lipinski definition) is 6. The second-order valence-corrected chi connectivity index (χ2v) is 8.61. The fraction of sp³-hybridized carbons (Fsp3) is 0.192. The molecule has 3 heterocycles. The molecule has 7 heteroatoms. The smallest absolute Gasteiger partial charge is 0.231 e. The molecule has 0 bridgehead atoms. The Bertz CT molecular complexity index is 1280. The predicted molar refractivity (Wildman–Crippen MR) is 123 cm³/mol. The van der Waals surface area contributed by atoms with E-state index in [2.05, 4.69) is 4.90 Å². The third-order valence-electron chi connectivity index (χ3n) is 6.01.